The molecule has 4 aromatic rings. The fourth-order valence-electron chi connectivity index (χ4n) is 3.58. The average Bonchev–Trinajstić information content (AvgIpc) is 3.63. The van der Waals surface area contributed by atoms with Gasteiger partial charge in [-0.1, -0.05) is 46.8 Å². The number of hydrogen-bond acceptors (Lipinski definition) is 5. The minimum Gasteiger partial charge on any atom is -0.294 e. The Balaban J connectivity index is 0.000000350. The van der Waals surface area contributed by atoms with Gasteiger partial charge in [-0.05, 0) is 82.5 Å². The molecule has 2 aromatic carbocycles. The highest BCUT2D eigenvalue weighted by atomic mass is 32.1. The Morgan fingerprint density at radius 2 is 1.59 bits per heavy atom. The molecule has 0 saturated carbocycles. The maximum absolute atomic E-state index is 13.0. The molecule has 7 heteroatoms. The zero-order chi connectivity index (χ0) is 29.8. The molecular formula is C32H42FN3O2S. The van der Waals surface area contributed by atoms with Crippen LogP contribution in [0.2, 0.25) is 0 Å². The number of rotatable bonds is 5. The lowest BCUT2D eigenvalue weighted by Gasteiger charge is -2.23. The molecule has 39 heavy (non-hydrogen) atoms. The molecule has 0 fully saturated rings. The van der Waals surface area contributed by atoms with Crippen LogP contribution in [0.25, 0.3) is 11.3 Å². The van der Waals surface area contributed by atoms with Crippen molar-refractivity contribution in [1.82, 2.24) is 14.8 Å². The Morgan fingerprint density at radius 1 is 0.974 bits per heavy atom. The predicted octanol–water partition coefficient (Wildman–Crippen LogP) is 8.94. The summed E-state index contributed by atoms with van der Waals surface area (Å²) in [5.74, 6) is -0.312. The highest BCUT2D eigenvalue weighted by Crippen LogP contribution is 2.29. The molecule has 2 heterocycles. The minimum atomic E-state index is -0.296. The van der Waals surface area contributed by atoms with Gasteiger partial charge in [0.1, 0.15) is 5.82 Å². The molecule has 0 bridgehead atoms. The first-order valence-corrected chi connectivity index (χ1v) is 14.3. The van der Waals surface area contributed by atoms with Crippen molar-refractivity contribution in [3.05, 3.63) is 93.3 Å². The van der Waals surface area contributed by atoms with Gasteiger partial charge in [0.25, 0.3) is 0 Å². The van der Waals surface area contributed by atoms with E-state index in [1.807, 2.05) is 72.9 Å². The molecule has 2 aromatic heterocycles. The van der Waals surface area contributed by atoms with Crippen LogP contribution in [0.15, 0.2) is 60.2 Å². The third kappa shape index (κ3) is 9.06. The topological polar surface area (TPSA) is 64.8 Å². The van der Waals surface area contributed by atoms with E-state index in [1.54, 1.807) is 29.2 Å². The number of benzene rings is 2. The number of carbonyl (C=O) groups is 2. The summed E-state index contributed by atoms with van der Waals surface area (Å²) in [4.78, 5) is 27.9. The summed E-state index contributed by atoms with van der Waals surface area (Å²) in [6.07, 6.45) is 4.18. The molecule has 0 N–H and O–H groups in total. The van der Waals surface area contributed by atoms with E-state index in [9.17, 15) is 14.0 Å². The lowest BCUT2D eigenvalue weighted by Crippen LogP contribution is -2.24. The van der Waals surface area contributed by atoms with Gasteiger partial charge in [-0.15, -0.1) is 11.3 Å². The minimum absolute atomic E-state index is 0.0304. The van der Waals surface area contributed by atoms with Crippen molar-refractivity contribution in [3.63, 3.8) is 0 Å². The first-order chi connectivity index (χ1) is 18.5. The molecule has 0 spiro atoms. The predicted molar refractivity (Wildman–Crippen MR) is 161 cm³/mol. The first-order valence-electron chi connectivity index (χ1n) is 13.4. The number of carbonyl (C=O) groups excluding carboxylic acids is 2. The van der Waals surface area contributed by atoms with E-state index in [-0.39, 0.29) is 22.9 Å². The molecule has 0 aliphatic heterocycles. The molecule has 210 valence electrons. The molecule has 5 nitrogen and oxygen atoms in total. The Kier molecular flexibility index (Phi) is 13.6. The van der Waals surface area contributed by atoms with Gasteiger partial charge in [0, 0.05) is 22.7 Å². The fraction of sp³-hybridized carbons (Fsp3) is 0.375. The van der Waals surface area contributed by atoms with E-state index in [1.165, 1.54) is 36.0 Å². The second kappa shape index (κ2) is 15.8. The monoisotopic (exact) mass is 551 g/mol. The number of thiazole rings is 1. The molecular weight excluding hydrogens is 509 g/mol. The van der Waals surface area contributed by atoms with E-state index in [2.05, 4.69) is 23.1 Å². The van der Waals surface area contributed by atoms with E-state index in [0.29, 0.717) is 10.6 Å². The molecule has 0 radical (unpaired) electrons. The average molecular weight is 552 g/mol. The summed E-state index contributed by atoms with van der Waals surface area (Å²) in [6, 6.07) is 12.1. The van der Waals surface area contributed by atoms with E-state index < -0.39 is 0 Å². The van der Waals surface area contributed by atoms with E-state index in [4.69, 9.17) is 0 Å². The largest absolute Gasteiger partial charge is 0.294 e. The van der Waals surface area contributed by atoms with Crippen LogP contribution in [0.1, 0.15) is 99.2 Å². The van der Waals surface area contributed by atoms with Crippen LogP contribution >= 0.6 is 11.3 Å². The number of nitrogens with zero attached hydrogens (tertiary/aromatic N) is 3. The van der Waals surface area contributed by atoms with E-state index >= 15 is 0 Å². The summed E-state index contributed by atoms with van der Waals surface area (Å²) < 4.78 is 14.8. The highest BCUT2D eigenvalue weighted by molar-refractivity contribution is 7.11. The molecule has 0 saturated heterocycles. The second-order valence-electron chi connectivity index (χ2n) is 9.22. The number of halogens is 1. The van der Waals surface area contributed by atoms with Crippen molar-refractivity contribution in [3.8, 4) is 11.3 Å². The van der Waals surface area contributed by atoms with Gasteiger partial charge in [0.05, 0.1) is 23.0 Å². The fourth-order valence-corrected chi connectivity index (χ4v) is 4.17. The highest BCUT2D eigenvalue weighted by Gasteiger charge is 2.23. The molecule has 0 unspecified atom stereocenters. The molecule has 4 rings (SSSR count). The lowest BCUT2D eigenvalue weighted by atomic mass is 10.0. The number of Topliss-reactive ketones (excluding diaryl/α,β-unsaturated/α-hetero) is 1. The maximum Gasteiger partial charge on any atom is 0.221 e. The Morgan fingerprint density at radius 3 is 2.08 bits per heavy atom. The Bertz CT molecular complexity index is 1320. The summed E-state index contributed by atoms with van der Waals surface area (Å²) in [5.41, 5.74) is 4.80. The standard InChI is InChI=1S/C15H17FN2O.C13H13NOS.2C2H6/c1-10(19)13-9-17-18(15(2,3)4)14(13)11-5-7-12(16)8-6-11;1-3-10-5-4-9(2)11(8-10)12(15)13-14-6-7-16-13;2*1-2/h5-9H,1-4H3;4-8H,3H2,1-2H3;2*1-2H3. The van der Waals surface area contributed by atoms with Gasteiger partial charge in [0.2, 0.25) is 5.78 Å². The summed E-state index contributed by atoms with van der Waals surface area (Å²) in [5, 5.41) is 6.70. The van der Waals surface area contributed by atoms with Crippen LogP contribution in [0.3, 0.4) is 0 Å². The molecule has 0 atom stereocenters. The maximum atomic E-state index is 13.0. The SMILES string of the molecule is CC.CC.CC(=O)c1cnn(C(C)(C)C)c1-c1ccc(F)cc1.CCc1ccc(C)c(C(=O)c2nccs2)c1. The van der Waals surface area contributed by atoms with Gasteiger partial charge in [-0.3, -0.25) is 14.3 Å². The van der Waals surface area contributed by atoms with Gasteiger partial charge in [-0.2, -0.15) is 5.10 Å². The molecule has 0 amide bonds. The van der Waals surface area contributed by atoms with Gasteiger partial charge in [0.15, 0.2) is 10.8 Å². The number of aromatic nitrogens is 3. The third-order valence-electron chi connectivity index (χ3n) is 5.48. The number of ketones is 2. The van der Waals surface area contributed by atoms with Crippen LogP contribution in [0.5, 0.6) is 0 Å². The third-order valence-corrected chi connectivity index (χ3v) is 6.25. The number of aryl methyl sites for hydroxylation is 2. The van der Waals surface area contributed by atoms with Gasteiger partial charge in [-0.25, -0.2) is 9.37 Å². The van der Waals surface area contributed by atoms with Crippen molar-refractivity contribution >= 4 is 22.9 Å². The summed E-state index contributed by atoms with van der Waals surface area (Å²) in [7, 11) is 0. The smallest absolute Gasteiger partial charge is 0.221 e. The Hall–Kier alpha value is -3.45. The van der Waals surface area contributed by atoms with Gasteiger partial charge < -0.3 is 0 Å². The normalized spacial score (nSPS) is 10.2. The molecule has 0 aliphatic rings. The van der Waals surface area contributed by atoms with Crippen LogP contribution in [0.4, 0.5) is 4.39 Å². The number of hydrogen-bond donors (Lipinski definition) is 0. The van der Waals surface area contributed by atoms with Crippen molar-refractivity contribution in [2.75, 3.05) is 0 Å². The van der Waals surface area contributed by atoms with Crippen LogP contribution < -0.4 is 0 Å². The quantitative estimate of drug-likeness (QED) is 0.232. The zero-order valence-corrected chi connectivity index (χ0v) is 25.7. The van der Waals surface area contributed by atoms with Crippen molar-refractivity contribution in [1.29, 1.82) is 0 Å². The first kappa shape index (κ1) is 33.6. The zero-order valence-electron chi connectivity index (χ0n) is 24.9. The molecule has 0 aliphatic carbocycles. The van der Waals surface area contributed by atoms with Gasteiger partial charge >= 0.3 is 0 Å². The Labute approximate surface area is 237 Å². The van der Waals surface area contributed by atoms with Crippen LogP contribution in [-0.4, -0.2) is 26.3 Å². The van der Waals surface area contributed by atoms with Crippen molar-refractivity contribution < 1.29 is 14.0 Å². The lowest BCUT2D eigenvalue weighted by molar-refractivity contribution is 0.101. The van der Waals surface area contributed by atoms with Crippen LogP contribution in [-0.2, 0) is 12.0 Å². The summed E-state index contributed by atoms with van der Waals surface area (Å²) >= 11 is 1.39. The van der Waals surface area contributed by atoms with Crippen molar-refractivity contribution in [2.24, 2.45) is 0 Å². The van der Waals surface area contributed by atoms with E-state index in [0.717, 1.165) is 28.8 Å². The second-order valence-corrected chi connectivity index (χ2v) is 10.1. The van der Waals surface area contributed by atoms with Crippen LogP contribution in [0, 0.1) is 12.7 Å². The summed E-state index contributed by atoms with van der Waals surface area (Å²) in [6.45, 7) is 19.6. The van der Waals surface area contributed by atoms with Crippen molar-refractivity contribution in [2.45, 2.75) is 81.2 Å².